The molecule has 188 valence electrons. The molecule has 0 saturated heterocycles. The molecule has 7 heteroatoms. The third-order valence-corrected chi connectivity index (χ3v) is 6.52. The molecule has 0 saturated carbocycles. The first-order valence-electron chi connectivity index (χ1n) is 12.3. The van der Waals surface area contributed by atoms with Gasteiger partial charge in [0.05, 0.1) is 13.2 Å². The fraction of sp³-hybridized carbons (Fsp3) is 0.310. The Labute approximate surface area is 212 Å². The number of carbonyl (C=O) groups is 2. The summed E-state index contributed by atoms with van der Waals surface area (Å²) in [5.41, 5.74) is 3.13. The third-order valence-electron chi connectivity index (χ3n) is 6.52. The van der Waals surface area contributed by atoms with Gasteiger partial charge in [-0.05, 0) is 60.6 Å². The van der Waals surface area contributed by atoms with Crippen LogP contribution in [0.3, 0.4) is 0 Å². The van der Waals surface area contributed by atoms with Crippen LogP contribution in [-0.4, -0.2) is 49.6 Å². The highest BCUT2D eigenvalue weighted by molar-refractivity contribution is 5.98. The van der Waals surface area contributed by atoms with Gasteiger partial charge in [0.2, 0.25) is 0 Å². The van der Waals surface area contributed by atoms with Gasteiger partial charge < -0.3 is 20.1 Å². The summed E-state index contributed by atoms with van der Waals surface area (Å²) in [6.45, 7) is 6.36. The molecule has 0 aliphatic carbocycles. The second-order valence-corrected chi connectivity index (χ2v) is 8.71. The highest BCUT2D eigenvalue weighted by atomic mass is 16.5. The van der Waals surface area contributed by atoms with E-state index in [-0.39, 0.29) is 17.9 Å². The zero-order valence-electron chi connectivity index (χ0n) is 21.0. The predicted molar refractivity (Wildman–Crippen MR) is 141 cm³/mol. The molecule has 3 aromatic carbocycles. The number of amides is 2. The van der Waals surface area contributed by atoms with Crippen molar-refractivity contribution in [1.29, 1.82) is 0 Å². The number of rotatable bonds is 10. The Balaban J connectivity index is 1.41. The van der Waals surface area contributed by atoms with E-state index in [1.165, 1.54) is 0 Å². The number of benzene rings is 3. The van der Waals surface area contributed by atoms with Crippen LogP contribution in [0.5, 0.6) is 11.5 Å². The van der Waals surface area contributed by atoms with Gasteiger partial charge in [0.1, 0.15) is 11.5 Å². The van der Waals surface area contributed by atoms with Gasteiger partial charge in [0.25, 0.3) is 11.8 Å². The molecular formula is C29H33N3O4. The van der Waals surface area contributed by atoms with Crippen LogP contribution in [0.4, 0.5) is 5.69 Å². The van der Waals surface area contributed by atoms with E-state index in [0.717, 1.165) is 35.7 Å². The summed E-state index contributed by atoms with van der Waals surface area (Å²) in [5, 5.41) is 5.96. The van der Waals surface area contributed by atoms with E-state index in [1.54, 1.807) is 31.4 Å². The van der Waals surface area contributed by atoms with Gasteiger partial charge in [-0.1, -0.05) is 50.2 Å². The Morgan fingerprint density at radius 3 is 2.56 bits per heavy atom. The predicted octanol–water partition coefficient (Wildman–Crippen LogP) is 4.45. The third kappa shape index (κ3) is 5.86. The van der Waals surface area contributed by atoms with E-state index in [0.29, 0.717) is 24.2 Å². The Morgan fingerprint density at radius 2 is 1.81 bits per heavy atom. The van der Waals surface area contributed by atoms with E-state index in [2.05, 4.69) is 35.4 Å². The quantitative estimate of drug-likeness (QED) is 0.442. The molecule has 0 fully saturated rings. The minimum absolute atomic E-state index is 0.00285. The summed E-state index contributed by atoms with van der Waals surface area (Å²) < 4.78 is 11.2. The number of likely N-dealkylation sites (N-methyl/N-ethyl adjacent to an activating group) is 1. The summed E-state index contributed by atoms with van der Waals surface area (Å²) in [5.74, 6) is 1.09. The molecule has 0 radical (unpaired) electrons. The molecule has 7 nitrogen and oxygen atoms in total. The lowest BCUT2D eigenvalue weighted by molar-refractivity contribution is -0.122. The minimum atomic E-state index is -0.586. The van der Waals surface area contributed by atoms with Gasteiger partial charge in [-0.15, -0.1) is 0 Å². The second-order valence-electron chi connectivity index (χ2n) is 8.71. The van der Waals surface area contributed by atoms with Crippen LogP contribution in [0.25, 0.3) is 0 Å². The lowest BCUT2D eigenvalue weighted by Gasteiger charge is -2.30. The van der Waals surface area contributed by atoms with Crippen LogP contribution < -0.4 is 20.1 Å². The first-order valence-corrected chi connectivity index (χ1v) is 12.3. The molecule has 0 aromatic heterocycles. The summed E-state index contributed by atoms with van der Waals surface area (Å²) >= 11 is 0. The Morgan fingerprint density at radius 1 is 1.03 bits per heavy atom. The van der Waals surface area contributed by atoms with Gasteiger partial charge in [-0.3, -0.25) is 14.5 Å². The maximum absolute atomic E-state index is 13.1. The van der Waals surface area contributed by atoms with Crippen molar-refractivity contribution in [3.05, 3.63) is 89.5 Å². The van der Waals surface area contributed by atoms with Gasteiger partial charge in [-0.25, -0.2) is 0 Å². The number of nitrogens with one attached hydrogen (secondary N) is 2. The number of hydrogen-bond acceptors (Lipinski definition) is 5. The number of para-hydroxylation sites is 1. The monoisotopic (exact) mass is 487 g/mol. The Bertz CT molecular complexity index is 1180. The molecular weight excluding hydrogens is 454 g/mol. The minimum Gasteiger partial charge on any atom is -0.497 e. The molecule has 2 unspecified atom stereocenters. The topological polar surface area (TPSA) is 79.9 Å². The van der Waals surface area contributed by atoms with E-state index in [1.807, 2.05) is 42.5 Å². The fourth-order valence-corrected chi connectivity index (χ4v) is 4.55. The number of anilines is 1. The molecule has 2 amide bonds. The van der Waals surface area contributed by atoms with E-state index in [9.17, 15) is 9.59 Å². The number of methoxy groups -OCH3 is 1. The second kappa shape index (κ2) is 11.7. The SMILES string of the molecule is CCN(CC)C(CNC(=O)c1cccc(NC(=O)C2Cc3ccccc3O2)c1)c1cccc(OC)c1. The molecule has 1 aliphatic heterocycles. The van der Waals surface area contributed by atoms with Crippen molar-refractivity contribution in [3.8, 4) is 11.5 Å². The standard InChI is InChI=1S/C29H33N3O4/c1-4-32(5-2)25(20-11-9-14-24(17-20)35-3)19-30-28(33)22-12-8-13-23(16-22)31-29(34)27-18-21-10-6-7-15-26(21)36-27/h6-17,25,27H,4-5,18-19H2,1-3H3,(H,30,33)(H,31,34). The molecule has 2 N–H and O–H groups in total. The van der Waals surface area contributed by atoms with Gasteiger partial charge in [0.15, 0.2) is 6.10 Å². The first-order chi connectivity index (χ1) is 17.5. The smallest absolute Gasteiger partial charge is 0.265 e. The largest absolute Gasteiger partial charge is 0.497 e. The van der Waals surface area contributed by atoms with Crippen molar-refractivity contribution >= 4 is 17.5 Å². The number of carbonyl (C=O) groups excluding carboxylic acids is 2. The van der Waals surface area contributed by atoms with Crippen molar-refractivity contribution in [2.24, 2.45) is 0 Å². The first kappa shape index (κ1) is 25.3. The van der Waals surface area contributed by atoms with Crippen molar-refractivity contribution in [2.75, 3.05) is 32.1 Å². The molecule has 0 bridgehead atoms. The van der Waals surface area contributed by atoms with Gasteiger partial charge in [-0.2, -0.15) is 0 Å². The number of fused-ring (bicyclic) bond motifs is 1. The average molecular weight is 488 g/mol. The van der Waals surface area contributed by atoms with Crippen molar-refractivity contribution in [3.63, 3.8) is 0 Å². The van der Waals surface area contributed by atoms with Crippen LogP contribution in [0.2, 0.25) is 0 Å². The van der Waals surface area contributed by atoms with Crippen LogP contribution in [-0.2, 0) is 11.2 Å². The van der Waals surface area contributed by atoms with Crippen molar-refractivity contribution in [1.82, 2.24) is 10.2 Å². The number of ether oxygens (including phenoxy) is 2. The van der Waals surface area contributed by atoms with Crippen molar-refractivity contribution in [2.45, 2.75) is 32.4 Å². The highest BCUT2D eigenvalue weighted by Gasteiger charge is 2.29. The van der Waals surface area contributed by atoms with Crippen LogP contribution >= 0.6 is 0 Å². The Hall–Kier alpha value is -3.84. The lowest BCUT2D eigenvalue weighted by Crippen LogP contribution is -2.38. The fourth-order valence-electron chi connectivity index (χ4n) is 4.55. The average Bonchev–Trinajstić information content (AvgIpc) is 3.36. The summed E-state index contributed by atoms with van der Waals surface area (Å²) in [6, 6.07) is 22.6. The highest BCUT2D eigenvalue weighted by Crippen LogP contribution is 2.29. The molecule has 0 spiro atoms. The number of hydrogen-bond donors (Lipinski definition) is 2. The summed E-state index contributed by atoms with van der Waals surface area (Å²) in [4.78, 5) is 28.1. The van der Waals surface area contributed by atoms with E-state index < -0.39 is 6.10 Å². The van der Waals surface area contributed by atoms with E-state index >= 15 is 0 Å². The van der Waals surface area contributed by atoms with Crippen LogP contribution in [0, 0.1) is 0 Å². The summed E-state index contributed by atoms with van der Waals surface area (Å²) in [6.07, 6.45) is -0.0586. The maximum atomic E-state index is 13.1. The molecule has 2 atom stereocenters. The molecule has 1 heterocycles. The normalized spacial score (nSPS) is 15.1. The molecule has 4 rings (SSSR count). The zero-order valence-corrected chi connectivity index (χ0v) is 21.0. The van der Waals surface area contributed by atoms with Crippen LogP contribution in [0.1, 0.15) is 41.4 Å². The van der Waals surface area contributed by atoms with Crippen molar-refractivity contribution < 1.29 is 19.1 Å². The summed E-state index contributed by atoms with van der Waals surface area (Å²) in [7, 11) is 1.65. The van der Waals surface area contributed by atoms with E-state index in [4.69, 9.17) is 9.47 Å². The van der Waals surface area contributed by atoms with Gasteiger partial charge >= 0.3 is 0 Å². The molecule has 3 aromatic rings. The zero-order chi connectivity index (χ0) is 25.5. The maximum Gasteiger partial charge on any atom is 0.265 e. The van der Waals surface area contributed by atoms with Gasteiger partial charge in [0, 0.05) is 24.2 Å². The number of nitrogens with zero attached hydrogens (tertiary/aromatic N) is 1. The lowest BCUT2D eigenvalue weighted by atomic mass is 10.0. The Kier molecular flexibility index (Phi) is 8.23. The molecule has 36 heavy (non-hydrogen) atoms. The molecule has 1 aliphatic rings. The van der Waals surface area contributed by atoms with Crippen LogP contribution in [0.15, 0.2) is 72.8 Å².